The summed E-state index contributed by atoms with van der Waals surface area (Å²) in [7, 11) is 0. The Labute approximate surface area is 267 Å². The van der Waals surface area contributed by atoms with Crippen LogP contribution in [0.2, 0.25) is 10.3 Å². The molecule has 0 amide bonds. The van der Waals surface area contributed by atoms with E-state index in [2.05, 4.69) is 140 Å². The minimum atomic E-state index is 0.157. The van der Waals surface area contributed by atoms with Gasteiger partial charge in [-0.1, -0.05) is 0 Å². The van der Waals surface area contributed by atoms with Gasteiger partial charge in [0.2, 0.25) is 0 Å². The quantitative estimate of drug-likeness (QED) is 0.136. The maximum absolute atomic E-state index is 6.30. The molecule has 0 fully saturated rings. The molecule has 1 aliphatic rings. The van der Waals surface area contributed by atoms with Gasteiger partial charge in [0.1, 0.15) is 0 Å². The molecule has 0 heterocycles. The van der Waals surface area contributed by atoms with Crippen molar-refractivity contribution >= 4 is 61.6 Å². The molecule has 0 aromatic heterocycles. The van der Waals surface area contributed by atoms with Gasteiger partial charge in [-0.25, -0.2) is 0 Å². The van der Waals surface area contributed by atoms with Crippen LogP contribution in [-0.4, -0.2) is 29.9 Å². The summed E-state index contributed by atoms with van der Waals surface area (Å²) in [4.78, 5) is 0. The second kappa shape index (κ2) is 14.4. The molecule has 0 radical (unpaired) electrons. The topological polar surface area (TPSA) is 0 Å². The maximum atomic E-state index is 6.30. The zero-order valence-corrected chi connectivity index (χ0v) is 27.6. The molecule has 1 aliphatic carbocycles. The molecule has 0 aliphatic heterocycles. The van der Waals surface area contributed by atoms with Crippen molar-refractivity contribution in [3.05, 3.63) is 178 Å². The first-order valence-electron chi connectivity index (χ1n) is 14.5. The van der Waals surface area contributed by atoms with Gasteiger partial charge in [-0.05, 0) is 0 Å². The Morgan fingerprint density at radius 3 is 1.71 bits per heavy atom. The van der Waals surface area contributed by atoms with Gasteiger partial charge in [-0.2, -0.15) is 0 Å². The third-order valence-electron chi connectivity index (χ3n) is 7.74. The monoisotopic (exact) mass is 696 g/mol. The molecule has 208 valence electrons. The van der Waals surface area contributed by atoms with Gasteiger partial charge in [0.15, 0.2) is 0 Å². The van der Waals surface area contributed by atoms with E-state index in [-0.39, 0.29) is 15.0 Å². The Kier molecular flexibility index (Phi) is 9.94. The standard InChI is InChI=1S/C39H33ClSe2/c40-34-25-23-29(24-26-34)32-21-22-33(28-41-35-17-9-3-10-18-35)37(27-32)39(42-36-19-11-4-12-20-36)38(30-13-5-1-6-14-30)31-15-7-2-8-16-31/h1-20,23-27,33,37H,21-22,28H2. The molecule has 5 aromatic rings. The molecule has 6 rings (SSSR count). The molecule has 0 saturated carbocycles. The first-order valence-corrected chi connectivity index (χ1v) is 18.6. The van der Waals surface area contributed by atoms with E-state index in [1.807, 2.05) is 12.1 Å². The van der Waals surface area contributed by atoms with Crippen LogP contribution < -0.4 is 8.92 Å². The molecule has 0 N–H and O–H groups in total. The average molecular weight is 695 g/mol. The second-order valence-corrected chi connectivity index (χ2v) is 15.6. The minimum absolute atomic E-state index is 0.157. The molecule has 0 nitrogen and oxygen atoms in total. The second-order valence-electron chi connectivity index (χ2n) is 10.5. The van der Waals surface area contributed by atoms with Crippen LogP contribution in [0.3, 0.4) is 0 Å². The van der Waals surface area contributed by atoms with Gasteiger partial charge in [0.25, 0.3) is 0 Å². The van der Waals surface area contributed by atoms with E-state index in [9.17, 15) is 0 Å². The Bertz CT molecular complexity index is 1590. The Morgan fingerprint density at radius 2 is 1.14 bits per heavy atom. The molecule has 2 atom stereocenters. The van der Waals surface area contributed by atoms with E-state index in [0.717, 1.165) is 11.4 Å². The Morgan fingerprint density at radius 1 is 0.619 bits per heavy atom. The number of hydrogen-bond donors (Lipinski definition) is 0. The molecular weight excluding hydrogens is 662 g/mol. The van der Waals surface area contributed by atoms with Gasteiger partial charge in [-0.15, -0.1) is 0 Å². The van der Waals surface area contributed by atoms with Crippen LogP contribution >= 0.6 is 11.6 Å². The predicted octanol–water partition coefficient (Wildman–Crippen LogP) is 8.69. The van der Waals surface area contributed by atoms with Crippen molar-refractivity contribution in [3.8, 4) is 0 Å². The van der Waals surface area contributed by atoms with Gasteiger partial charge < -0.3 is 0 Å². The molecule has 0 spiro atoms. The summed E-state index contributed by atoms with van der Waals surface area (Å²) in [5.74, 6) is 0.940. The summed E-state index contributed by atoms with van der Waals surface area (Å²) in [5.41, 5.74) is 6.74. The van der Waals surface area contributed by atoms with Crippen molar-refractivity contribution in [1.29, 1.82) is 0 Å². The van der Waals surface area contributed by atoms with Crippen LogP contribution in [-0.2, 0) is 0 Å². The fourth-order valence-electron chi connectivity index (χ4n) is 5.62. The van der Waals surface area contributed by atoms with Gasteiger partial charge >= 0.3 is 269 Å². The third-order valence-corrected chi connectivity index (χ3v) is 13.0. The molecule has 0 bridgehead atoms. The summed E-state index contributed by atoms with van der Waals surface area (Å²) in [6.45, 7) is 0. The number of halogens is 1. The third kappa shape index (κ3) is 7.27. The molecule has 42 heavy (non-hydrogen) atoms. The van der Waals surface area contributed by atoms with Crippen LogP contribution in [0.1, 0.15) is 29.5 Å². The number of hydrogen-bond acceptors (Lipinski definition) is 0. The fraction of sp³-hybridized carbons (Fsp3) is 0.128. The van der Waals surface area contributed by atoms with Crippen molar-refractivity contribution in [2.75, 3.05) is 0 Å². The SMILES string of the molecule is Clc1ccc(C2=CC(C([Se]c3ccccc3)=C(c3ccccc3)c3ccccc3)C(C[Se]c3ccccc3)CC2)cc1. The predicted molar refractivity (Wildman–Crippen MR) is 183 cm³/mol. The van der Waals surface area contributed by atoms with E-state index in [0.29, 0.717) is 26.8 Å². The number of allylic oxidation sites excluding steroid dienone is 3. The summed E-state index contributed by atoms with van der Waals surface area (Å²) in [5, 5.41) is 2.02. The molecule has 3 heteroatoms. The zero-order chi connectivity index (χ0) is 28.6. The van der Waals surface area contributed by atoms with Crippen molar-refractivity contribution in [2.24, 2.45) is 11.8 Å². The Hall–Kier alpha value is -3.09. The fourth-order valence-corrected chi connectivity index (χ4v) is 10.8. The van der Waals surface area contributed by atoms with Crippen molar-refractivity contribution in [2.45, 2.75) is 18.2 Å². The molecular formula is C39H33ClSe2. The van der Waals surface area contributed by atoms with Crippen LogP contribution in [0.4, 0.5) is 0 Å². The van der Waals surface area contributed by atoms with Crippen LogP contribution in [0.5, 0.6) is 0 Å². The van der Waals surface area contributed by atoms with Gasteiger partial charge in [0, 0.05) is 0 Å². The van der Waals surface area contributed by atoms with Gasteiger partial charge in [-0.3, -0.25) is 0 Å². The summed E-state index contributed by atoms with van der Waals surface area (Å²) in [6, 6.07) is 52.8. The normalized spacial score (nSPS) is 16.5. The van der Waals surface area contributed by atoms with Crippen LogP contribution in [0.25, 0.3) is 11.1 Å². The van der Waals surface area contributed by atoms with Crippen LogP contribution in [0, 0.1) is 11.8 Å². The average Bonchev–Trinajstić information content (AvgIpc) is 3.06. The van der Waals surface area contributed by atoms with Gasteiger partial charge in [0.05, 0.1) is 0 Å². The number of benzene rings is 5. The summed E-state index contributed by atoms with van der Waals surface area (Å²) in [6.07, 6.45) is 4.93. The number of rotatable bonds is 9. The molecule has 5 aromatic carbocycles. The van der Waals surface area contributed by atoms with E-state index >= 15 is 0 Å². The van der Waals surface area contributed by atoms with Crippen LogP contribution in [0.15, 0.2) is 156 Å². The van der Waals surface area contributed by atoms with E-state index in [1.165, 1.54) is 48.5 Å². The Balaban J connectivity index is 1.53. The van der Waals surface area contributed by atoms with E-state index in [1.54, 1.807) is 4.47 Å². The van der Waals surface area contributed by atoms with Crippen molar-refractivity contribution < 1.29 is 0 Å². The van der Waals surface area contributed by atoms with Crippen molar-refractivity contribution in [3.63, 3.8) is 0 Å². The van der Waals surface area contributed by atoms with E-state index in [4.69, 9.17) is 11.6 Å². The molecule has 0 saturated heterocycles. The first-order chi connectivity index (χ1) is 20.7. The summed E-state index contributed by atoms with van der Waals surface area (Å²) >= 11 is 6.88. The molecule has 2 unspecified atom stereocenters. The summed E-state index contributed by atoms with van der Waals surface area (Å²) < 4.78 is 4.48. The van der Waals surface area contributed by atoms with Crippen molar-refractivity contribution in [1.82, 2.24) is 0 Å². The zero-order valence-electron chi connectivity index (χ0n) is 23.4. The first kappa shape index (κ1) is 29.0. The van der Waals surface area contributed by atoms with E-state index < -0.39 is 0 Å².